The molecule has 1 fully saturated rings. The molecule has 3 aromatic carbocycles. The molecule has 1 saturated heterocycles. The van der Waals surface area contributed by atoms with Gasteiger partial charge < -0.3 is 19.5 Å². The quantitative estimate of drug-likeness (QED) is 0.165. The van der Waals surface area contributed by atoms with Gasteiger partial charge in [0.25, 0.3) is 0 Å². The summed E-state index contributed by atoms with van der Waals surface area (Å²) in [6, 6.07) is 22.6. The lowest BCUT2D eigenvalue weighted by atomic mass is 9.72. The molecule has 1 aliphatic heterocycles. The van der Waals surface area contributed by atoms with Gasteiger partial charge in [0.1, 0.15) is 17.8 Å². The van der Waals surface area contributed by atoms with Crippen LogP contribution in [-0.4, -0.2) is 41.1 Å². The van der Waals surface area contributed by atoms with E-state index in [1.54, 1.807) is 12.1 Å². The maximum absolute atomic E-state index is 13.5. The summed E-state index contributed by atoms with van der Waals surface area (Å²) in [6.07, 6.45) is 0.638. The standard InChI is InChI=1S/C36H42N2O7/c1-6-12-30(27-17-15-24(4)16-18-27)37-35(42)38-33(41)36(7-2,8-3)34(38)45-29-21-19-28(20-22-29)32(40)44-25(5)31(39)43-23-26-13-10-9-11-14-26/h9-11,13-22,25,30,34H,6-8,12,23H2,1-5H3,(H,37,42)/t25-,30?,34+/m1/s1. The van der Waals surface area contributed by atoms with Gasteiger partial charge in [-0.25, -0.2) is 19.3 Å². The molecular formula is C36H42N2O7. The molecule has 1 unspecified atom stereocenters. The molecule has 0 spiro atoms. The van der Waals surface area contributed by atoms with Crippen LogP contribution in [0.1, 0.15) is 86.5 Å². The lowest BCUT2D eigenvalue weighted by Gasteiger charge is -2.53. The summed E-state index contributed by atoms with van der Waals surface area (Å²) in [5, 5.41) is 3.04. The summed E-state index contributed by atoms with van der Waals surface area (Å²) in [6.45, 7) is 9.40. The molecule has 0 aliphatic carbocycles. The van der Waals surface area contributed by atoms with Crippen LogP contribution in [0, 0.1) is 12.3 Å². The Kier molecular flexibility index (Phi) is 11.0. The predicted molar refractivity (Wildman–Crippen MR) is 169 cm³/mol. The number of nitrogens with one attached hydrogen (secondary N) is 1. The van der Waals surface area contributed by atoms with Crippen molar-refractivity contribution in [1.82, 2.24) is 10.2 Å². The Balaban J connectivity index is 1.41. The van der Waals surface area contributed by atoms with Crippen LogP contribution in [0.25, 0.3) is 0 Å². The van der Waals surface area contributed by atoms with Crippen LogP contribution < -0.4 is 10.1 Å². The SMILES string of the molecule is CCCC(NC(=O)N1C(=O)C(CC)(CC)[C@@H]1Oc1ccc(C(=O)O[C@H](C)C(=O)OCc2ccccc2)cc1)c1ccc(C)cc1. The van der Waals surface area contributed by atoms with Crippen molar-refractivity contribution < 1.29 is 33.4 Å². The number of esters is 2. The van der Waals surface area contributed by atoms with E-state index in [4.69, 9.17) is 14.2 Å². The average molecular weight is 615 g/mol. The topological polar surface area (TPSA) is 111 Å². The Morgan fingerprint density at radius 1 is 0.911 bits per heavy atom. The molecule has 1 heterocycles. The van der Waals surface area contributed by atoms with Crippen molar-refractivity contribution in [2.45, 2.75) is 85.3 Å². The molecule has 9 heteroatoms. The number of hydrogen-bond acceptors (Lipinski definition) is 7. The molecule has 3 aromatic rings. The Morgan fingerprint density at radius 3 is 2.16 bits per heavy atom. The number of likely N-dealkylation sites (tertiary alicyclic amines) is 1. The van der Waals surface area contributed by atoms with Crippen LogP contribution in [0.4, 0.5) is 4.79 Å². The van der Waals surface area contributed by atoms with Gasteiger partial charge in [-0.15, -0.1) is 0 Å². The van der Waals surface area contributed by atoms with E-state index in [9.17, 15) is 19.2 Å². The lowest BCUT2D eigenvalue weighted by molar-refractivity contribution is -0.191. The number of carbonyl (C=O) groups excluding carboxylic acids is 4. The molecular weight excluding hydrogens is 572 g/mol. The molecule has 238 valence electrons. The van der Waals surface area contributed by atoms with Crippen molar-refractivity contribution >= 4 is 23.9 Å². The van der Waals surface area contributed by atoms with Crippen LogP contribution in [0.5, 0.6) is 5.75 Å². The number of urea groups is 1. The Labute approximate surface area is 264 Å². The van der Waals surface area contributed by atoms with Crippen LogP contribution in [0.3, 0.4) is 0 Å². The summed E-state index contributed by atoms with van der Waals surface area (Å²) in [5.74, 6) is -1.24. The van der Waals surface area contributed by atoms with E-state index in [-0.39, 0.29) is 24.1 Å². The maximum atomic E-state index is 13.5. The zero-order valence-electron chi connectivity index (χ0n) is 26.6. The minimum atomic E-state index is -1.10. The van der Waals surface area contributed by atoms with Crippen molar-refractivity contribution in [3.05, 3.63) is 101 Å². The van der Waals surface area contributed by atoms with Gasteiger partial charge in [-0.3, -0.25) is 4.79 Å². The van der Waals surface area contributed by atoms with Crippen LogP contribution in [0.2, 0.25) is 0 Å². The van der Waals surface area contributed by atoms with Crippen molar-refractivity contribution in [2.75, 3.05) is 0 Å². The highest BCUT2D eigenvalue weighted by atomic mass is 16.6. The van der Waals surface area contributed by atoms with E-state index in [2.05, 4.69) is 5.32 Å². The number of β-lactam (4-membered cyclic amide) rings is 1. The second-order valence-electron chi connectivity index (χ2n) is 11.4. The lowest BCUT2D eigenvalue weighted by Crippen LogP contribution is -2.73. The van der Waals surface area contributed by atoms with Gasteiger partial charge in [-0.1, -0.05) is 87.4 Å². The molecule has 45 heavy (non-hydrogen) atoms. The van der Waals surface area contributed by atoms with E-state index in [0.717, 1.165) is 34.4 Å². The molecule has 4 rings (SSSR count). The largest absolute Gasteiger partial charge is 0.469 e. The fourth-order valence-corrected chi connectivity index (χ4v) is 5.45. The molecule has 3 atom stereocenters. The maximum Gasteiger partial charge on any atom is 0.347 e. The molecule has 0 saturated carbocycles. The van der Waals surface area contributed by atoms with Gasteiger partial charge in [0, 0.05) is 0 Å². The number of imide groups is 1. The zero-order chi connectivity index (χ0) is 32.6. The number of hydrogen-bond donors (Lipinski definition) is 1. The number of amides is 3. The van der Waals surface area contributed by atoms with E-state index in [0.29, 0.717) is 18.6 Å². The first-order valence-corrected chi connectivity index (χ1v) is 15.5. The fourth-order valence-electron chi connectivity index (χ4n) is 5.45. The van der Waals surface area contributed by atoms with Gasteiger partial charge in [0.15, 0.2) is 12.3 Å². The molecule has 1 aliphatic rings. The smallest absolute Gasteiger partial charge is 0.347 e. The number of ether oxygens (including phenoxy) is 3. The van der Waals surface area contributed by atoms with Crippen molar-refractivity contribution in [2.24, 2.45) is 5.41 Å². The van der Waals surface area contributed by atoms with Crippen LogP contribution in [0.15, 0.2) is 78.9 Å². The summed E-state index contributed by atoms with van der Waals surface area (Å²) in [7, 11) is 0. The van der Waals surface area contributed by atoms with Gasteiger partial charge in [0.05, 0.1) is 11.6 Å². The van der Waals surface area contributed by atoms with Gasteiger partial charge in [-0.05, 0) is 68.5 Å². The van der Waals surface area contributed by atoms with Crippen molar-refractivity contribution in [3.8, 4) is 5.75 Å². The normalized spacial score (nSPS) is 16.6. The van der Waals surface area contributed by atoms with Crippen molar-refractivity contribution in [1.29, 1.82) is 0 Å². The first-order valence-electron chi connectivity index (χ1n) is 15.5. The average Bonchev–Trinajstić information content (AvgIpc) is 3.05. The number of benzene rings is 3. The predicted octanol–water partition coefficient (Wildman–Crippen LogP) is 6.89. The Hall–Kier alpha value is -4.66. The minimum Gasteiger partial charge on any atom is -0.469 e. The van der Waals surface area contributed by atoms with Gasteiger partial charge in [-0.2, -0.15) is 0 Å². The Bertz CT molecular complexity index is 1470. The minimum absolute atomic E-state index is 0.0779. The highest BCUT2D eigenvalue weighted by Gasteiger charge is 2.63. The summed E-state index contributed by atoms with van der Waals surface area (Å²) in [5.41, 5.74) is 2.28. The van der Waals surface area contributed by atoms with E-state index < -0.39 is 35.7 Å². The second-order valence-corrected chi connectivity index (χ2v) is 11.4. The highest BCUT2D eigenvalue weighted by Crippen LogP contribution is 2.46. The van der Waals surface area contributed by atoms with Gasteiger partial charge >= 0.3 is 18.0 Å². The third kappa shape index (κ3) is 7.53. The number of aryl methyl sites for hydroxylation is 1. The Morgan fingerprint density at radius 2 is 1.56 bits per heavy atom. The summed E-state index contributed by atoms with van der Waals surface area (Å²) < 4.78 is 16.8. The first-order chi connectivity index (χ1) is 21.6. The number of carbonyl (C=O) groups is 4. The van der Waals surface area contributed by atoms with Crippen molar-refractivity contribution in [3.63, 3.8) is 0 Å². The molecule has 3 amide bonds. The summed E-state index contributed by atoms with van der Waals surface area (Å²) in [4.78, 5) is 53.2. The number of nitrogens with zero attached hydrogens (tertiary/aromatic N) is 1. The van der Waals surface area contributed by atoms with E-state index >= 15 is 0 Å². The second kappa shape index (κ2) is 14.9. The third-order valence-electron chi connectivity index (χ3n) is 8.36. The monoisotopic (exact) mass is 614 g/mol. The van der Waals surface area contributed by atoms with Gasteiger partial charge in [0.2, 0.25) is 5.91 Å². The molecule has 0 radical (unpaired) electrons. The zero-order valence-corrected chi connectivity index (χ0v) is 26.6. The molecule has 0 bridgehead atoms. The van der Waals surface area contributed by atoms with Crippen LogP contribution >= 0.6 is 0 Å². The molecule has 9 nitrogen and oxygen atoms in total. The van der Waals surface area contributed by atoms with Crippen LogP contribution in [-0.2, 0) is 25.7 Å². The third-order valence-corrected chi connectivity index (χ3v) is 8.36. The molecule has 0 aromatic heterocycles. The number of rotatable bonds is 13. The first kappa shape index (κ1) is 33.2. The van der Waals surface area contributed by atoms with E-state index in [1.165, 1.54) is 19.1 Å². The van der Waals surface area contributed by atoms with E-state index in [1.807, 2.05) is 82.3 Å². The summed E-state index contributed by atoms with van der Waals surface area (Å²) >= 11 is 0. The highest BCUT2D eigenvalue weighted by molar-refractivity contribution is 6.03. The molecule has 1 N–H and O–H groups in total. The fraction of sp³-hybridized carbons (Fsp3) is 0.389.